The monoisotopic (exact) mass is 529 g/mol. The van der Waals surface area contributed by atoms with Crippen molar-refractivity contribution < 1.29 is 22.4 Å². The Bertz CT molecular complexity index is 1530. The molecule has 7 heteroatoms. The lowest BCUT2D eigenvalue weighted by Crippen LogP contribution is -2.43. The van der Waals surface area contributed by atoms with E-state index in [1.165, 1.54) is 4.31 Å². The minimum Gasteiger partial charge on any atom is -0.466 e. The number of sulfonamides is 1. The van der Waals surface area contributed by atoms with E-state index in [9.17, 15) is 13.2 Å². The second kappa shape index (κ2) is 10.6. The van der Waals surface area contributed by atoms with Crippen LogP contribution < -0.4 is 0 Å². The maximum atomic E-state index is 14.3. The predicted molar refractivity (Wildman–Crippen MR) is 146 cm³/mol. The second-order valence-corrected chi connectivity index (χ2v) is 11.5. The highest BCUT2D eigenvalue weighted by molar-refractivity contribution is 7.89. The Labute approximate surface area is 223 Å². The molecular weight excluding hydrogens is 498 g/mol. The molecule has 0 saturated carbocycles. The summed E-state index contributed by atoms with van der Waals surface area (Å²) in [4.78, 5) is 12.9. The van der Waals surface area contributed by atoms with Gasteiger partial charge in [0, 0.05) is 29.2 Å². The maximum absolute atomic E-state index is 14.3. The fourth-order valence-electron chi connectivity index (χ4n) is 5.35. The highest BCUT2D eigenvalue weighted by Crippen LogP contribution is 2.50. The number of esters is 1. The van der Waals surface area contributed by atoms with Gasteiger partial charge in [0.25, 0.3) is 0 Å². The van der Waals surface area contributed by atoms with Crippen LogP contribution in [0.4, 0.5) is 0 Å². The smallest absolute Gasteiger partial charge is 0.306 e. The van der Waals surface area contributed by atoms with Gasteiger partial charge >= 0.3 is 5.97 Å². The number of carbonyl (C=O) groups excluding carboxylic acids is 1. The number of nitrogens with zero attached hydrogens (tertiary/aromatic N) is 1. The van der Waals surface area contributed by atoms with Crippen LogP contribution in [0.3, 0.4) is 0 Å². The van der Waals surface area contributed by atoms with Gasteiger partial charge in [0.1, 0.15) is 11.5 Å². The summed E-state index contributed by atoms with van der Waals surface area (Å²) in [6.07, 6.45) is 0.0525. The first kappa shape index (κ1) is 25.9. The van der Waals surface area contributed by atoms with E-state index in [-0.39, 0.29) is 30.4 Å². The van der Waals surface area contributed by atoms with Crippen molar-refractivity contribution >= 4 is 16.0 Å². The first-order valence-corrected chi connectivity index (χ1v) is 14.2. The Hall–Kier alpha value is -3.68. The number of rotatable bonds is 7. The van der Waals surface area contributed by atoms with E-state index in [1.807, 2.05) is 74.5 Å². The molecule has 2 heterocycles. The van der Waals surface area contributed by atoms with Gasteiger partial charge in [-0.3, -0.25) is 4.79 Å². The molecule has 1 aliphatic heterocycles. The first-order chi connectivity index (χ1) is 18.3. The minimum atomic E-state index is -3.95. The number of fused-ring (bicyclic) bond motifs is 1. The van der Waals surface area contributed by atoms with Crippen molar-refractivity contribution in [3.63, 3.8) is 0 Å². The highest BCUT2D eigenvalue weighted by atomic mass is 32.2. The third kappa shape index (κ3) is 4.79. The standard InChI is InChI=1S/C31H31NO5S/c1-4-36-27(33)19-25-20-32(38(34,35)26-17-15-21(2)16-18-26)30(23-11-7-5-8-12-23)29-28(25)22(3)37-31(29)24-13-9-6-10-14-24/h5-18,25,30H,4,19-20H2,1-3H3. The third-order valence-corrected chi connectivity index (χ3v) is 8.88. The zero-order valence-corrected chi connectivity index (χ0v) is 22.6. The van der Waals surface area contributed by atoms with Crippen LogP contribution in [0.1, 0.15) is 53.3 Å². The van der Waals surface area contributed by atoms with Crippen LogP contribution in [0.25, 0.3) is 11.3 Å². The summed E-state index contributed by atoms with van der Waals surface area (Å²) in [7, 11) is -3.95. The molecule has 0 bridgehead atoms. The van der Waals surface area contributed by atoms with Gasteiger partial charge in [-0.1, -0.05) is 78.4 Å². The quantitative estimate of drug-likeness (QED) is 0.259. The molecule has 2 atom stereocenters. The molecule has 1 aliphatic rings. The molecule has 2 unspecified atom stereocenters. The van der Waals surface area contributed by atoms with Crippen LogP contribution in [0.5, 0.6) is 0 Å². The number of ether oxygens (including phenoxy) is 1. The molecule has 6 nitrogen and oxygen atoms in total. The summed E-state index contributed by atoms with van der Waals surface area (Å²) >= 11 is 0. The molecule has 5 rings (SSSR count). The van der Waals surface area contributed by atoms with Crippen LogP contribution >= 0.6 is 0 Å². The Balaban J connectivity index is 1.77. The number of hydrogen-bond donors (Lipinski definition) is 0. The summed E-state index contributed by atoms with van der Waals surface area (Å²) in [5.41, 5.74) is 4.30. The summed E-state index contributed by atoms with van der Waals surface area (Å²) in [6.45, 7) is 5.95. The number of aryl methyl sites for hydroxylation is 2. The summed E-state index contributed by atoms with van der Waals surface area (Å²) in [5, 5.41) is 0. The number of furan rings is 1. The SMILES string of the molecule is CCOC(=O)CC1CN(S(=O)(=O)c2ccc(C)cc2)C(c2ccccc2)c2c(-c3ccccc3)oc(C)c21. The van der Waals surface area contributed by atoms with Crippen LogP contribution in [-0.2, 0) is 19.6 Å². The molecule has 1 aromatic heterocycles. The molecule has 0 aliphatic carbocycles. The number of carbonyl (C=O) groups is 1. The molecule has 0 amide bonds. The van der Waals surface area contributed by atoms with Crippen LogP contribution in [0.15, 0.2) is 94.2 Å². The van der Waals surface area contributed by atoms with E-state index in [2.05, 4.69) is 0 Å². The first-order valence-electron chi connectivity index (χ1n) is 12.8. The highest BCUT2D eigenvalue weighted by Gasteiger charge is 2.45. The van der Waals surface area contributed by atoms with Gasteiger partial charge in [-0.25, -0.2) is 8.42 Å². The molecule has 0 radical (unpaired) electrons. The largest absolute Gasteiger partial charge is 0.466 e. The fraction of sp³-hybridized carbons (Fsp3) is 0.258. The molecule has 3 aromatic carbocycles. The van der Waals surface area contributed by atoms with Crippen molar-refractivity contribution in [2.24, 2.45) is 0 Å². The van der Waals surface area contributed by atoms with E-state index in [0.717, 1.165) is 27.8 Å². The van der Waals surface area contributed by atoms with E-state index < -0.39 is 22.0 Å². The number of hydrogen-bond acceptors (Lipinski definition) is 5. The van der Waals surface area contributed by atoms with E-state index in [0.29, 0.717) is 11.5 Å². The topological polar surface area (TPSA) is 76.8 Å². The predicted octanol–water partition coefficient (Wildman–Crippen LogP) is 6.39. The Morgan fingerprint density at radius 1 is 0.921 bits per heavy atom. The van der Waals surface area contributed by atoms with Gasteiger partial charge in [0.15, 0.2) is 0 Å². The van der Waals surface area contributed by atoms with Crippen molar-refractivity contribution in [3.8, 4) is 11.3 Å². The Kier molecular flexibility index (Phi) is 7.23. The number of benzene rings is 3. The molecule has 0 spiro atoms. The summed E-state index contributed by atoms with van der Waals surface area (Å²) in [6, 6.07) is 25.5. The zero-order chi connectivity index (χ0) is 26.9. The van der Waals surface area contributed by atoms with Crippen LogP contribution in [0.2, 0.25) is 0 Å². The second-order valence-electron chi connectivity index (χ2n) is 9.59. The Morgan fingerprint density at radius 3 is 2.18 bits per heavy atom. The lowest BCUT2D eigenvalue weighted by atomic mass is 9.82. The molecule has 196 valence electrons. The van der Waals surface area contributed by atoms with Gasteiger partial charge < -0.3 is 9.15 Å². The van der Waals surface area contributed by atoms with Gasteiger partial charge in [-0.05, 0) is 38.5 Å². The van der Waals surface area contributed by atoms with Gasteiger partial charge in [-0.2, -0.15) is 4.31 Å². The van der Waals surface area contributed by atoms with Crippen molar-refractivity contribution in [3.05, 3.63) is 113 Å². The average molecular weight is 530 g/mol. The van der Waals surface area contributed by atoms with Crippen molar-refractivity contribution in [2.45, 2.75) is 44.0 Å². The van der Waals surface area contributed by atoms with Gasteiger partial charge in [0.05, 0.1) is 24.0 Å². The molecule has 4 aromatic rings. The molecule has 38 heavy (non-hydrogen) atoms. The summed E-state index contributed by atoms with van der Waals surface area (Å²) < 4.78 is 41.8. The zero-order valence-electron chi connectivity index (χ0n) is 21.8. The Morgan fingerprint density at radius 2 is 1.55 bits per heavy atom. The molecule has 0 N–H and O–H groups in total. The summed E-state index contributed by atoms with van der Waals surface area (Å²) in [5.74, 6) is 0.507. The lowest BCUT2D eigenvalue weighted by molar-refractivity contribution is -0.143. The molecule has 0 saturated heterocycles. The van der Waals surface area contributed by atoms with Crippen molar-refractivity contribution in [1.29, 1.82) is 0 Å². The lowest BCUT2D eigenvalue weighted by Gasteiger charge is -2.39. The third-order valence-electron chi connectivity index (χ3n) is 7.04. The van der Waals surface area contributed by atoms with E-state index in [4.69, 9.17) is 9.15 Å². The normalized spacial score (nSPS) is 17.7. The van der Waals surface area contributed by atoms with E-state index >= 15 is 0 Å². The molecule has 0 fully saturated rings. The average Bonchev–Trinajstić information content (AvgIpc) is 3.27. The molecular formula is C31H31NO5S. The van der Waals surface area contributed by atoms with Crippen molar-refractivity contribution in [2.75, 3.05) is 13.2 Å². The van der Waals surface area contributed by atoms with Gasteiger partial charge in [-0.15, -0.1) is 0 Å². The van der Waals surface area contributed by atoms with Gasteiger partial charge in [0.2, 0.25) is 10.0 Å². The van der Waals surface area contributed by atoms with Crippen LogP contribution in [0, 0.1) is 13.8 Å². The maximum Gasteiger partial charge on any atom is 0.306 e. The fourth-order valence-corrected chi connectivity index (χ4v) is 6.99. The van der Waals surface area contributed by atoms with E-state index in [1.54, 1.807) is 31.2 Å². The van der Waals surface area contributed by atoms with Crippen molar-refractivity contribution in [1.82, 2.24) is 4.31 Å². The van der Waals surface area contributed by atoms with Crippen LogP contribution in [-0.4, -0.2) is 31.8 Å². The minimum absolute atomic E-state index is 0.0525.